The van der Waals surface area contributed by atoms with E-state index >= 15 is 0 Å². The molecule has 0 N–H and O–H groups in total. The third-order valence-corrected chi connectivity index (χ3v) is 3.72. The molecule has 0 radical (unpaired) electrons. The lowest BCUT2D eigenvalue weighted by Crippen LogP contribution is -2.41. The molecule has 1 heterocycles. The Balaban J connectivity index is 2.70. The predicted octanol–water partition coefficient (Wildman–Crippen LogP) is 2.79. The molecule has 1 rings (SSSR count). The van der Waals surface area contributed by atoms with Gasteiger partial charge >= 0.3 is 13.1 Å². The zero-order valence-electron chi connectivity index (χ0n) is 12.2. The molecular formula is C13H23BO4. The first-order valence-electron chi connectivity index (χ1n) is 6.19. The Labute approximate surface area is 110 Å². The Morgan fingerprint density at radius 2 is 1.72 bits per heavy atom. The van der Waals surface area contributed by atoms with E-state index in [0.29, 0.717) is 6.32 Å². The van der Waals surface area contributed by atoms with Gasteiger partial charge in [0.2, 0.25) is 0 Å². The van der Waals surface area contributed by atoms with Crippen LogP contribution < -0.4 is 0 Å². The minimum atomic E-state index is -0.671. The summed E-state index contributed by atoms with van der Waals surface area (Å²) in [4.78, 5) is 11.8. The molecule has 0 aromatic rings. The van der Waals surface area contributed by atoms with Crippen LogP contribution in [0.1, 0.15) is 41.5 Å². The van der Waals surface area contributed by atoms with Crippen LogP contribution in [0.15, 0.2) is 12.8 Å². The number of esters is 1. The monoisotopic (exact) mass is 254 g/mol. The number of carbonyl (C=O) groups excluding carboxylic acids is 1. The van der Waals surface area contributed by atoms with Crippen molar-refractivity contribution < 1.29 is 18.8 Å². The maximum atomic E-state index is 11.8. The van der Waals surface area contributed by atoms with Gasteiger partial charge in [0.25, 0.3) is 0 Å². The summed E-state index contributed by atoms with van der Waals surface area (Å²) in [6, 6.07) is 0. The van der Waals surface area contributed by atoms with Gasteiger partial charge in [0, 0.05) is 0 Å². The van der Waals surface area contributed by atoms with Gasteiger partial charge in [-0.3, -0.25) is 4.79 Å². The second-order valence-corrected chi connectivity index (χ2v) is 6.35. The van der Waals surface area contributed by atoms with Crippen LogP contribution in [0.2, 0.25) is 6.32 Å². The van der Waals surface area contributed by atoms with Gasteiger partial charge in [0.05, 0.1) is 22.9 Å². The van der Waals surface area contributed by atoms with E-state index in [1.165, 1.54) is 0 Å². The molecular weight excluding hydrogens is 231 g/mol. The Morgan fingerprint density at radius 1 is 1.28 bits per heavy atom. The molecule has 0 aromatic heterocycles. The average molecular weight is 254 g/mol. The Hall–Kier alpha value is -0.805. The molecule has 5 heteroatoms. The second kappa shape index (κ2) is 4.70. The van der Waals surface area contributed by atoms with Crippen molar-refractivity contribution in [2.75, 3.05) is 0 Å². The third-order valence-electron chi connectivity index (χ3n) is 3.72. The zero-order valence-corrected chi connectivity index (χ0v) is 12.2. The molecule has 1 aliphatic heterocycles. The van der Waals surface area contributed by atoms with Crippen LogP contribution >= 0.6 is 0 Å². The van der Waals surface area contributed by atoms with Gasteiger partial charge in [-0.25, -0.2) is 0 Å². The zero-order chi connectivity index (χ0) is 14.2. The summed E-state index contributed by atoms with van der Waals surface area (Å²) in [6.07, 6.45) is 1.60. The van der Waals surface area contributed by atoms with Crippen LogP contribution in [0.4, 0.5) is 0 Å². The number of hydrogen-bond donors (Lipinski definition) is 0. The van der Waals surface area contributed by atoms with Crippen molar-refractivity contribution in [2.24, 2.45) is 5.41 Å². The van der Waals surface area contributed by atoms with E-state index in [0.717, 1.165) is 6.26 Å². The molecule has 4 nitrogen and oxygen atoms in total. The summed E-state index contributed by atoms with van der Waals surface area (Å²) in [5, 5.41) is 0. The molecule has 0 aromatic carbocycles. The van der Waals surface area contributed by atoms with E-state index in [4.69, 9.17) is 14.0 Å². The summed E-state index contributed by atoms with van der Waals surface area (Å²) >= 11 is 0. The standard InChI is InChI=1S/C13H23BO4/c1-8-16-10(15)11(2,3)9-14-17-12(4,5)13(6,7)18-14/h8H,1,9H2,2-7H3. The molecule has 0 atom stereocenters. The lowest BCUT2D eigenvalue weighted by atomic mass is 9.70. The third kappa shape index (κ3) is 2.95. The summed E-state index contributed by atoms with van der Waals surface area (Å²) in [6.45, 7) is 15.0. The molecule has 18 heavy (non-hydrogen) atoms. The summed E-state index contributed by atoms with van der Waals surface area (Å²) in [7, 11) is -0.401. The fraction of sp³-hybridized carbons (Fsp3) is 0.769. The first kappa shape index (κ1) is 15.3. The summed E-state index contributed by atoms with van der Waals surface area (Å²) < 4.78 is 16.6. The number of ether oxygens (including phenoxy) is 1. The normalized spacial score (nSPS) is 21.8. The molecule has 0 spiro atoms. The fourth-order valence-electron chi connectivity index (χ4n) is 1.78. The van der Waals surface area contributed by atoms with Crippen LogP contribution in [-0.2, 0) is 18.8 Å². The maximum absolute atomic E-state index is 11.8. The quantitative estimate of drug-likeness (QED) is 0.439. The van der Waals surface area contributed by atoms with Crippen LogP contribution in [-0.4, -0.2) is 24.3 Å². The van der Waals surface area contributed by atoms with E-state index in [-0.39, 0.29) is 17.2 Å². The second-order valence-electron chi connectivity index (χ2n) is 6.35. The van der Waals surface area contributed by atoms with Gasteiger partial charge in [-0.05, 0) is 47.9 Å². The lowest BCUT2D eigenvalue weighted by Gasteiger charge is -2.32. The van der Waals surface area contributed by atoms with Gasteiger partial charge in [0.1, 0.15) is 0 Å². The van der Waals surface area contributed by atoms with Crippen molar-refractivity contribution in [1.29, 1.82) is 0 Å². The summed E-state index contributed by atoms with van der Waals surface area (Å²) in [5.41, 5.74) is -1.43. The highest BCUT2D eigenvalue weighted by molar-refractivity contribution is 6.46. The minimum Gasteiger partial charge on any atom is -0.435 e. The molecule has 102 valence electrons. The van der Waals surface area contributed by atoms with Gasteiger partial charge < -0.3 is 14.0 Å². The van der Waals surface area contributed by atoms with E-state index < -0.39 is 12.5 Å². The van der Waals surface area contributed by atoms with Gasteiger partial charge in [-0.15, -0.1) is 0 Å². The van der Waals surface area contributed by atoms with E-state index in [2.05, 4.69) is 6.58 Å². The van der Waals surface area contributed by atoms with E-state index in [1.54, 1.807) is 0 Å². The Kier molecular flexibility index (Phi) is 3.99. The molecule has 0 aliphatic carbocycles. The van der Waals surface area contributed by atoms with Crippen molar-refractivity contribution >= 4 is 13.1 Å². The summed E-state index contributed by atoms with van der Waals surface area (Å²) in [5.74, 6) is -0.327. The van der Waals surface area contributed by atoms with E-state index in [1.807, 2.05) is 41.5 Å². The lowest BCUT2D eigenvalue weighted by molar-refractivity contribution is -0.147. The van der Waals surface area contributed by atoms with Crippen LogP contribution in [0.25, 0.3) is 0 Å². The number of hydrogen-bond acceptors (Lipinski definition) is 4. The predicted molar refractivity (Wildman–Crippen MR) is 71.0 cm³/mol. The smallest absolute Gasteiger partial charge is 0.435 e. The van der Waals surface area contributed by atoms with Crippen LogP contribution in [0.5, 0.6) is 0 Å². The molecule has 0 amide bonds. The number of carbonyl (C=O) groups is 1. The molecule has 0 saturated carbocycles. The molecule has 1 saturated heterocycles. The van der Waals surface area contributed by atoms with Crippen LogP contribution in [0, 0.1) is 5.41 Å². The topological polar surface area (TPSA) is 44.8 Å². The van der Waals surface area contributed by atoms with E-state index in [9.17, 15) is 4.79 Å². The Bertz CT molecular complexity index is 331. The highest BCUT2D eigenvalue weighted by Crippen LogP contribution is 2.40. The van der Waals surface area contributed by atoms with Gasteiger partial charge in [-0.2, -0.15) is 0 Å². The highest BCUT2D eigenvalue weighted by atomic mass is 16.7. The van der Waals surface area contributed by atoms with Gasteiger partial charge in [0.15, 0.2) is 0 Å². The minimum absolute atomic E-state index is 0.327. The first-order valence-corrected chi connectivity index (χ1v) is 6.19. The first-order chi connectivity index (χ1) is 8.02. The van der Waals surface area contributed by atoms with Crippen molar-refractivity contribution in [3.63, 3.8) is 0 Å². The SMILES string of the molecule is C=COC(=O)C(C)(C)CB1OC(C)(C)C(C)(C)O1. The largest absolute Gasteiger partial charge is 0.458 e. The molecule has 1 aliphatic rings. The van der Waals surface area contributed by atoms with Crippen molar-refractivity contribution in [1.82, 2.24) is 0 Å². The van der Waals surface area contributed by atoms with Crippen molar-refractivity contribution in [3.05, 3.63) is 12.8 Å². The van der Waals surface area contributed by atoms with Crippen molar-refractivity contribution in [3.8, 4) is 0 Å². The molecule has 0 unspecified atom stereocenters. The number of rotatable bonds is 4. The van der Waals surface area contributed by atoms with Crippen molar-refractivity contribution in [2.45, 2.75) is 59.1 Å². The molecule has 0 bridgehead atoms. The fourth-order valence-corrected chi connectivity index (χ4v) is 1.78. The highest BCUT2D eigenvalue weighted by Gasteiger charge is 2.53. The maximum Gasteiger partial charge on any atom is 0.458 e. The molecule has 1 fully saturated rings. The Morgan fingerprint density at radius 3 is 2.11 bits per heavy atom. The van der Waals surface area contributed by atoms with Gasteiger partial charge in [-0.1, -0.05) is 6.58 Å². The average Bonchev–Trinajstić information content (AvgIpc) is 2.33. The van der Waals surface area contributed by atoms with Crippen LogP contribution in [0.3, 0.4) is 0 Å².